The molecule has 0 aromatic rings. The van der Waals surface area contributed by atoms with E-state index in [4.69, 9.17) is 4.74 Å². The van der Waals surface area contributed by atoms with E-state index in [1.165, 1.54) is 0 Å². The van der Waals surface area contributed by atoms with Gasteiger partial charge in [-0.15, -0.1) is 12.4 Å². The number of ether oxygens (including phenoxy) is 1. The monoisotopic (exact) mass is 179 g/mol. The highest BCUT2D eigenvalue weighted by molar-refractivity contribution is 5.85. The predicted octanol–water partition coefficient (Wildman–Crippen LogP) is 0.376. The van der Waals surface area contributed by atoms with Gasteiger partial charge in [0.25, 0.3) is 0 Å². The number of rotatable bonds is 2. The first-order valence-corrected chi connectivity index (χ1v) is 3.59. The quantitative estimate of drug-likeness (QED) is 0.666. The van der Waals surface area contributed by atoms with Crippen LogP contribution >= 0.6 is 12.4 Å². The highest BCUT2D eigenvalue weighted by atomic mass is 35.5. The largest absolute Gasteiger partial charge is 0.379 e. The maximum absolute atomic E-state index is 10.6. The zero-order valence-electron chi connectivity index (χ0n) is 6.63. The highest BCUT2D eigenvalue weighted by Crippen LogP contribution is 1.97. The van der Waals surface area contributed by atoms with E-state index in [1.54, 1.807) is 6.92 Å². The summed E-state index contributed by atoms with van der Waals surface area (Å²) in [7, 11) is 0. The molecule has 4 heteroatoms. The molecule has 1 saturated heterocycles. The molecule has 0 saturated carbocycles. The van der Waals surface area contributed by atoms with Crippen LogP contribution < -0.4 is 5.32 Å². The van der Waals surface area contributed by atoms with Crippen LogP contribution in [0.3, 0.4) is 0 Å². The van der Waals surface area contributed by atoms with Crippen molar-refractivity contribution >= 4 is 18.2 Å². The Morgan fingerprint density at radius 2 is 2.45 bits per heavy atom. The van der Waals surface area contributed by atoms with Gasteiger partial charge in [0, 0.05) is 19.0 Å². The minimum absolute atomic E-state index is 0. The average Bonchev–Trinajstić information content (AvgIpc) is 1.88. The SMILES string of the molecule is CC(=O)CC1COCCN1.Cl. The molecule has 66 valence electrons. The molecule has 0 aliphatic carbocycles. The van der Waals surface area contributed by atoms with Crippen molar-refractivity contribution in [2.24, 2.45) is 0 Å². The molecule has 1 heterocycles. The summed E-state index contributed by atoms with van der Waals surface area (Å²) >= 11 is 0. The number of ketones is 1. The van der Waals surface area contributed by atoms with Gasteiger partial charge in [-0.05, 0) is 6.92 Å². The second kappa shape index (κ2) is 5.52. The fourth-order valence-corrected chi connectivity index (χ4v) is 1.10. The van der Waals surface area contributed by atoms with Crippen molar-refractivity contribution in [2.75, 3.05) is 19.8 Å². The van der Waals surface area contributed by atoms with E-state index in [2.05, 4.69) is 5.32 Å². The third kappa shape index (κ3) is 4.35. The van der Waals surface area contributed by atoms with Crippen LogP contribution in [0.4, 0.5) is 0 Å². The van der Waals surface area contributed by atoms with E-state index in [0.29, 0.717) is 13.0 Å². The van der Waals surface area contributed by atoms with Crippen molar-refractivity contribution in [3.8, 4) is 0 Å². The summed E-state index contributed by atoms with van der Waals surface area (Å²) in [6, 6.07) is 0.256. The van der Waals surface area contributed by atoms with Crippen LogP contribution in [-0.2, 0) is 9.53 Å². The lowest BCUT2D eigenvalue weighted by atomic mass is 10.1. The highest BCUT2D eigenvalue weighted by Gasteiger charge is 2.13. The number of carbonyl (C=O) groups is 1. The number of carbonyl (C=O) groups excluding carboxylic acids is 1. The molecule has 0 aromatic heterocycles. The van der Waals surface area contributed by atoms with Crippen molar-refractivity contribution in [1.82, 2.24) is 5.32 Å². The summed E-state index contributed by atoms with van der Waals surface area (Å²) in [6.45, 7) is 3.93. The summed E-state index contributed by atoms with van der Waals surface area (Å²) in [5.41, 5.74) is 0. The molecule has 0 spiro atoms. The maximum Gasteiger partial charge on any atom is 0.131 e. The van der Waals surface area contributed by atoms with Crippen molar-refractivity contribution in [3.05, 3.63) is 0 Å². The van der Waals surface area contributed by atoms with Crippen molar-refractivity contribution in [2.45, 2.75) is 19.4 Å². The van der Waals surface area contributed by atoms with Crippen LogP contribution in [0.15, 0.2) is 0 Å². The number of Topliss-reactive ketones (excluding diaryl/α,β-unsaturated/α-hetero) is 1. The van der Waals surface area contributed by atoms with Crippen molar-refractivity contribution in [1.29, 1.82) is 0 Å². The Labute approximate surface area is 72.9 Å². The van der Waals surface area contributed by atoms with Crippen molar-refractivity contribution < 1.29 is 9.53 Å². The van der Waals surface area contributed by atoms with Crippen LogP contribution in [0.25, 0.3) is 0 Å². The standard InChI is InChI=1S/C7H13NO2.ClH/c1-6(9)4-7-5-10-3-2-8-7;/h7-8H,2-5H2,1H3;1H. The van der Waals surface area contributed by atoms with E-state index in [0.717, 1.165) is 13.2 Å². The lowest BCUT2D eigenvalue weighted by Gasteiger charge is -2.22. The molecular weight excluding hydrogens is 166 g/mol. The first kappa shape index (κ1) is 10.9. The van der Waals surface area contributed by atoms with Gasteiger partial charge in [0.2, 0.25) is 0 Å². The fraction of sp³-hybridized carbons (Fsp3) is 0.857. The smallest absolute Gasteiger partial charge is 0.131 e. The minimum Gasteiger partial charge on any atom is -0.379 e. The summed E-state index contributed by atoms with van der Waals surface area (Å²) in [5, 5.41) is 3.20. The molecule has 0 amide bonds. The number of nitrogens with one attached hydrogen (secondary N) is 1. The minimum atomic E-state index is 0. The number of hydrogen-bond donors (Lipinski definition) is 1. The van der Waals surface area contributed by atoms with Gasteiger partial charge in [-0.2, -0.15) is 0 Å². The van der Waals surface area contributed by atoms with Gasteiger partial charge >= 0.3 is 0 Å². The van der Waals surface area contributed by atoms with Gasteiger partial charge in [0.15, 0.2) is 0 Å². The maximum atomic E-state index is 10.6. The van der Waals surface area contributed by atoms with Gasteiger partial charge in [0.05, 0.1) is 13.2 Å². The molecule has 3 nitrogen and oxygen atoms in total. The molecule has 0 aromatic carbocycles. The Bertz CT molecular complexity index is 124. The lowest BCUT2D eigenvalue weighted by Crippen LogP contribution is -2.42. The Morgan fingerprint density at radius 3 is 2.91 bits per heavy atom. The number of hydrogen-bond acceptors (Lipinski definition) is 3. The van der Waals surface area contributed by atoms with E-state index in [1.807, 2.05) is 0 Å². The fourth-order valence-electron chi connectivity index (χ4n) is 1.10. The second-order valence-electron chi connectivity index (χ2n) is 2.63. The molecule has 1 N–H and O–H groups in total. The van der Waals surface area contributed by atoms with E-state index in [-0.39, 0.29) is 24.2 Å². The van der Waals surface area contributed by atoms with Crippen LogP contribution in [0.2, 0.25) is 0 Å². The molecule has 1 atom stereocenters. The summed E-state index contributed by atoms with van der Waals surface area (Å²) in [4.78, 5) is 10.6. The van der Waals surface area contributed by atoms with Crippen LogP contribution in [-0.4, -0.2) is 31.6 Å². The van der Waals surface area contributed by atoms with Gasteiger partial charge in [0.1, 0.15) is 5.78 Å². The first-order valence-electron chi connectivity index (χ1n) is 3.59. The predicted molar refractivity (Wildman–Crippen MR) is 45.2 cm³/mol. The second-order valence-corrected chi connectivity index (χ2v) is 2.63. The van der Waals surface area contributed by atoms with Gasteiger partial charge < -0.3 is 10.1 Å². The van der Waals surface area contributed by atoms with Crippen LogP contribution in [0.5, 0.6) is 0 Å². The molecule has 1 aliphatic heterocycles. The average molecular weight is 180 g/mol. The molecule has 1 rings (SSSR count). The first-order chi connectivity index (χ1) is 4.79. The molecule has 1 unspecified atom stereocenters. The van der Waals surface area contributed by atoms with E-state index < -0.39 is 0 Å². The normalized spacial score (nSPS) is 23.9. The van der Waals surface area contributed by atoms with Gasteiger partial charge in [-0.1, -0.05) is 0 Å². The van der Waals surface area contributed by atoms with Crippen LogP contribution in [0, 0.1) is 0 Å². The van der Waals surface area contributed by atoms with Gasteiger partial charge in [-0.3, -0.25) is 4.79 Å². The zero-order chi connectivity index (χ0) is 7.40. The Balaban J connectivity index is 0.000001000. The topological polar surface area (TPSA) is 38.3 Å². The third-order valence-corrected chi connectivity index (χ3v) is 1.53. The third-order valence-electron chi connectivity index (χ3n) is 1.53. The van der Waals surface area contributed by atoms with Crippen LogP contribution in [0.1, 0.15) is 13.3 Å². The number of halogens is 1. The number of morpholine rings is 1. The Hall–Kier alpha value is -0.120. The van der Waals surface area contributed by atoms with E-state index in [9.17, 15) is 4.79 Å². The zero-order valence-corrected chi connectivity index (χ0v) is 7.45. The molecule has 0 radical (unpaired) electrons. The molecule has 1 fully saturated rings. The Morgan fingerprint density at radius 1 is 1.73 bits per heavy atom. The lowest BCUT2D eigenvalue weighted by molar-refractivity contribution is -0.118. The van der Waals surface area contributed by atoms with Gasteiger partial charge in [-0.25, -0.2) is 0 Å². The Kier molecular flexibility index (Phi) is 5.46. The summed E-state index contributed by atoms with van der Waals surface area (Å²) in [6.07, 6.45) is 0.597. The summed E-state index contributed by atoms with van der Waals surface area (Å²) in [5.74, 6) is 0.225. The molecular formula is C7H14ClNO2. The molecule has 11 heavy (non-hydrogen) atoms. The molecule has 1 aliphatic rings. The van der Waals surface area contributed by atoms with Crippen molar-refractivity contribution in [3.63, 3.8) is 0 Å². The molecule has 0 bridgehead atoms. The van der Waals surface area contributed by atoms with E-state index >= 15 is 0 Å². The summed E-state index contributed by atoms with van der Waals surface area (Å²) < 4.78 is 5.17.